The molecule has 0 spiro atoms. The lowest BCUT2D eigenvalue weighted by Crippen LogP contribution is -2.27. The topological polar surface area (TPSA) is 72.5 Å². The van der Waals surface area contributed by atoms with E-state index >= 15 is 0 Å². The Morgan fingerprint density at radius 3 is 2.50 bits per heavy atom. The van der Waals surface area contributed by atoms with Crippen LogP contribution in [0.3, 0.4) is 0 Å². The number of hydrogen-bond acceptors (Lipinski definition) is 6. The number of nitrogens with zero attached hydrogens (tertiary/aromatic N) is 1. The van der Waals surface area contributed by atoms with Gasteiger partial charge in [-0.15, -0.1) is 0 Å². The molecule has 0 bridgehead atoms. The molecule has 32 heavy (non-hydrogen) atoms. The fourth-order valence-corrected chi connectivity index (χ4v) is 4.64. The number of carbonyl (C=O) groups excluding carboxylic acids is 1. The Hall–Kier alpha value is -3.80. The van der Waals surface area contributed by atoms with E-state index in [1.165, 1.54) is 0 Å². The standard InChI is InChI=1S/C26H25N3O3/c1-31-17-10-11-24(32-2)18(15-17)16-13-22-25(23(30)14-16)26(21-9-5-6-12-27-21)29-20-8-4-3-7-19(20)28-22/h3-12,15-16,26,28-29H,13-14H2,1-2H3. The molecule has 1 aromatic heterocycles. The number of carbonyl (C=O) groups is 1. The van der Waals surface area contributed by atoms with Crippen molar-refractivity contribution in [1.82, 2.24) is 4.98 Å². The highest BCUT2D eigenvalue weighted by Crippen LogP contribution is 2.45. The molecule has 1 aliphatic heterocycles. The van der Waals surface area contributed by atoms with Crippen molar-refractivity contribution < 1.29 is 14.3 Å². The first kappa shape index (κ1) is 20.1. The van der Waals surface area contributed by atoms with E-state index in [4.69, 9.17) is 9.47 Å². The Kier molecular flexibility index (Phi) is 5.27. The second-order valence-corrected chi connectivity index (χ2v) is 8.03. The normalized spacial score (nSPS) is 19.8. The lowest BCUT2D eigenvalue weighted by Gasteiger charge is -2.30. The maximum atomic E-state index is 13.6. The molecule has 2 aromatic carbocycles. The molecule has 2 heterocycles. The van der Waals surface area contributed by atoms with Gasteiger partial charge in [0.2, 0.25) is 0 Å². The van der Waals surface area contributed by atoms with Crippen molar-refractivity contribution in [2.75, 3.05) is 24.9 Å². The summed E-state index contributed by atoms with van der Waals surface area (Å²) in [5, 5.41) is 7.11. The Bertz CT molecular complexity index is 1190. The van der Waals surface area contributed by atoms with Gasteiger partial charge in [-0.2, -0.15) is 0 Å². The van der Waals surface area contributed by atoms with E-state index in [-0.39, 0.29) is 17.7 Å². The first-order valence-corrected chi connectivity index (χ1v) is 10.7. The highest BCUT2D eigenvalue weighted by Gasteiger charge is 2.37. The van der Waals surface area contributed by atoms with Gasteiger partial charge in [0.05, 0.1) is 37.3 Å². The van der Waals surface area contributed by atoms with Gasteiger partial charge >= 0.3 is 0 Å². The van der Waals surface area contributed by atoms with Crippen molar-refractivity contribution in [2.24, 2.45) is 0 Å². The van der Waals surface area contributed by atoms with E-state index in [0.717, 1.165) is 45.4 Å². The minimum Gasteiger partial charge on any atom is -0.497 e. The molecule has 0 amide bonds. The minimum absolute atomic E-state index is 0.0200. The smallest absolute Gasteiger partial charge is 0.163 e. The van der Waals surface area contributed by atoms with Crippen LogP contribution in [0.1, 0.15) is 36.1 Å². The zero-order valence-corrected chi connectivity index (χ0v) is 18.1. The summed E-state index contributed by atoms with van der Waals surface area (Å²) in [6.07, 6.45) is 2.84. The van der Waals surface area contributed by atoms with E-state index in [9.17, 15) is 4.79 Å². The van der Waals surface area contributed by atoms with Gasteiger partial charge in [0.25, 0.3) is 0 Å². The number of benzene rings is 2. The van der Waals surface area contributed by atoms with Crippen molar-refractivity contribution in [3.8, 4) is 11.5 Å². The molecule has 1 aliphatic carbocycles. The summed E-state index contributed by atoms with van der Waals surface area (Å²) in [5.74, 6) is 1.60. The van der Waals surface area contributed by atoms with E-state index < -0.39 is 0 Å². The minimum atomic E-state index is -0.317. The van der Waals surface area contributed by atoms with Crippen molar-refractivity contribution in [3.63, 3.8) is 0 Å². The molecule has 2 N–H and O–H groups in total. The quantitative estimate of drug-likeness (QED) is 0.605. The second kappa shape index (κ2) is 8.38. The van der Waals surface area contributed by atoms with Crippen LogP contribution in [-0.2, 0) is 4.79 Å². The number of rotatable bonds is 4. The van der Waals surface area contributed by atoms with Gasteiger partial charge in [-0.25, -0.2) is 0 Å². The number of methoxy groups -OCH3 is 2. The van der Waals surface area contributed by atoms with E-state index in [1.54, 1.807) is 20.4 Å². The first-order chi connectivity index (χ1) is 15.7. The van der Waals surface area contributed by atoms with Crippen LogP contribution in [0.5, 0.6) is 11.5 Å². The number of allylic oxidation sites excluding steroid dienone is 1. The molecule has 0 fully saturated rings. The van der Waals surface area contributed by atoms with Gasteiger partial charge in [-0.3, -0.25) is 9.78 Å². The van der Waals surface area contributed by atoms with Crippen molar-refractivity contribution in [3.05, 3.63) is 89.4 Å². The molecule has 3 aromatic rings. The molecular weight excluding hydrogens is 402 g/mol. The summed E-state index contributed by atoms with van der Waals surface area (Å²) in [5.41, 5.74) is 5.37. The number of nitrogens with one attached hydrogen (secondary N) is 2. The van der Waals surface area contributed by atoms with E-state index in [0.29, 0.717) is 12.8 Å². The molecule has 0 saturated heterocycles. The highest BCUT2D eigenvalue weighted by atomic mass is 16.5. The Morgan fingerprint density at radius 2 is 1.75 bits per heavy atom. The largest absolute Gasteiger partial charge is 0.497 e. The van der Waals surface area contributed by atoms with Gasteiger partial charge in [0, 0.05) is 35.4 Å². The third-order valence-corrected chi connectivity index (χ3v) is 6.17. The summed E-state index contributed by atoms with van der Waals surface area (Å²) in [4.78, 5) is 18.2. The van der Waals surface area contributed by atoms with Gasteiger partial charge in [0.15, 0.2) is 5.78 Å². The van der Waals surface area contributed by atoms with Gasteiger partial charge < -0.3 is 20.1 Å². The Morgan fingerprint density at radius 1 is 0.938 bits per heavy atom. The zero-order valence-electron chi connectivity index (χ0n) is 18.1. The van der Waals surface area contributed by atoms with Crippen molar-refractivity contribution in [1.29, 1.82) is 0 Å². The maximum absolute atomic E-state index is 13.6. The van der Waals surface area contributed by atoms with Gasteiger partial charge in [-0.1, -0.05) is 18.2 Å². The van der Waals surface area contributed by atoms with Crippen LogP contribution >= 0.6 is 0 Å². The van der Waals surface area contributed by atoms with Crippen LogP contribution in [0, 0.1) is 0 Å². The molecule has 2 unspecified atom stereocenters. The zero-order chi connectivity index (χ0) is 22.1. The number of aromatic nitrogens is 1. The summed E-state index contributed by atoms with van der Waals surface area (Å²) in [6.45, 7) is 0. The average molecular weight is 428 g/mol. The number of ketones is 1. The van der Waals surface area contributed by atoms with Gasteiger partial charge in [0.1, 0.15) is 11.5 Å². The number of pyridine rings is 1. The van der Waals surface area contributed by atoms with Crippen molar-refractivity contribution >= 4 is 17.2 Å². The van der Waals surface area contributed by atoms with Crippen molar-refractivity contribution in [2.45, 2.75) is 24.8 Å². The first-order valence-electron chi connectivity index (χ1n) is 10.7. The highest BCUT2D eigenvalue weighted by molar-refractivity contribution is 6.01. The fourth-order valence-electron chi connectivity index (χ4n) is 4.64. The molecule has 6 heteroatoms. The lowest BCUT2D eigenvalue weighted by molar-refractivity contribution is -0.116. The number of ether oxygens (including phenoxy) is 2. The average Bonchev–Trinajstić information content (AvgIpc) is 3.01. The SMILES string of the molecule is COc1ccc(OC)c(C2CC(=O)C3=C(C2)Nc2ccccc2NC3c2ccccn2)c1. The fraction of sp³-hybridized carbons (Fsp3) is 0.231. The second-order valence-electron chi connectivity index (χ2n) is 8.03. The van der Waals surface area contributed by atoms with E-state index in [1.807, 2.05) is 60.7 Å². The molecule has 2 atom stereocenters. The van der Waals surface area contributed by atoms with Crippen LogP contribution < -0.4 is 20.1 Å². The lowest BCUT2D eigenvalue weighted by atomic mass is 9.79. The number of hydrogen-bond donors (Lipinski definition) is 2. The monoisotopic (exact) mass is 427 g/mol. The summed E-state index contributed by atoms with van der Waals surface area (Å²) < 4.78 is 11.0. The Balaban J connectivity index is 1.61. The number of fused-ring (bicyclic) bond motifs is 1. The summed E-state index contributed by atoms with van der Waals surface area (Å²) >= 11 is 0. The Labute approximate surface area is 187 Å². The predicted molar refractivity (Wildman–Crippen MR) is 124 cm³/mol. The number of para-hydroxylation sites is 2. The maximum Gasteiger partial charge on any atom is 0.163 e. The molecule has 0 radical (unpaired) electrons. The number of anilines is 2. The summed E-state index contributed by atoms with van der Waals surface area (Å²) in [6, 6.07) is 19.2. The van der Waals surface area contributed by atoms with Crippen LogP contribution in [0.4, 0.5) is 11.4 Å². The van der Waals surface area contributed by atoms with Crippen LogP contribution in [0.2, 0.25) is 0 Å². The molecule has 2 aliphatic rings. The van der Waals surface area contributed by atoms with Crippen LogP contribution in [-0.4, -0.2) is 25.0 Å². The number of Topliss-reactive ketones (excluding diaryl/α,β-unsaturated/α-hetero) is 1. The van der Waals surface area contributed by atoms with E-state index in [2.05, 4.69) is 15.6 Å². The molecule has 5 rings (SSSR count). The third-order valence-electron chi connectivity index (χ3n) is 6.17. The third kappa shape index (κ3) is 3.58. The predicted octanol–water partition coefficient (Wildman–Crippen LogP) is 5.08. The molecule has 6 nitrogen and oxygen atoms in total. The molecule has 162 valence electrons. The van der Waals surface area contributed by atoms with Crippen LogP contribution in [0.15, 0.2) is 78.1 Å². The molecular formula is C26H25N3O3. The van der Waals surface area contributed by atoms with Gasteiger partial charge in [-0.05, 0) is 48.9 Å². The molecule has 0 saturated carbocycles. The van der Waals surface area contributed by atoms with Crippen LogP contribution in [0.25, 0.3) is 0 Å². The summed E-state index contributed by atoms with van der Waals surface area (Å²) in [7, 11) is 3.30.